The molecule has 0 spiro atoms. The van der Waals surface area contributed by atoms with Crippen molar-refractivity contribution in [2.24, 2.45) is 5.73 Å². The number of nitrogens with one attached hydrogen (secondary N) is 1. The van der Waals surface area contributed by atoms with E-state index in [1.807, 2.05) is 18.3 Å². The molecule has 2 aliphatic heterocycles. The molecule has 2 fully saturated rings. The summed E-state index contributed by atoms with van der Waals surface area (Å²) in [6.45, 7) is 5.53. The molecule has 0 unspecified atom stereocenters. The second-order valence-electron chi connectivity index (χ2n) is 10.5. The molecule has 2 aliphatic rings. The van der Waals surface area contributed by atoms with Gasteiger partial charge < -0.3 is 20.2 Å². The Hall–Kier alpha value is -3.08. The van der Waals surface area contributed by atoms with Gasteiger partial charge in [0.2, 0.25) is 10.0 Å². The van der Waals surface area contributed by atoms with Crippen LogP contribution in [-0.2, 0) is 16.6 Å². The highest BCUT2D eigenvalue weighted by molar-refractivity contribution is 7.89. The highest BCUT2D eigenvalue weighted by atomic mass is 32.2. The summed E-state index contributed by atoms with van der Waals surface area (Å²) in [5.74, 6) is 1.15. The molecule has 0 atom stereocenters. The fraction of sp³-hybridized carbons (Fsp3) is 0.483. The first kappa shape index (κ1) is 27.5. The molecule has 39 heavy (non-hydrogen) atoms. The average molecular weight is 555 g/mol. The maximum Gasteiger partial charge on any atom is 0.250 e. The number of hydrogen-bond donors (Lipinski definition) is 2. The van der Waals surface area contributed by atoms with Crippen LogP contribution in [0.5, 0.6) is 11.5 Å². The quantitative estimate of drug-likeness (QED) is 0.412. The van der Waals surface area contributed by atoms with Crippen LogP contribution >= 0.6 is 0 Å². The average Bonchev–Trinajstić information content (AvgIpc) is 3.62. The second-order valence-corrected chi connectivity index (χ2v) is 12.7. The molecule has 2 aromatic carbocycles. The van der Waals surface area contributed by atoms with Gasteiger partial charge in [-0.2, -0.15) is 0 Å². The highest BCUT2D eigenvalue weighted by Gasteiger charge is 2.29. The Morgan fingerprint density at radius 1 is 1.03 bits per heavy atom. The van der Waals surface area contributed by atoms with Crippen LogP contribution in [0.1, 0.15) is 60.0 Å². The lowest BCUT2D eigenvalue weighted by molar-refractivity contribution is 0.100. The van der Waals surface area contributed by atoms with E-state index in [2.05, 4.69) is 22.0 Å². The fourth-order valence-electron chi connectivity index (χ4n) is 6.09. The smallest absolute Gasteiger partial charge is 0.250 e. The number of H-pyrrole nitrogens is 1. The number of sulfonamides is 1. The summed E-state index contributed by atoms with van der Waals surface area (Å²) in [6.07, 6.45) is 5.77. The van der Waals surface area contributed by atoms with E-state index in [0.29, 0.717) is 29.9 Å². The molecule has 0 radical (unpaired) electrons. The first-order valence-corrected chi connectivity index (χ1v) is 15.3. The summed E-state index contributed by atoms with van der Waals surface area (Å²) in [4.78, 5) is 18.3. The minimum Gasteiger partial charge on any atom is -0.493 e. The molecule has 5 rings (SSSR count). The summed E-state index contributed by atoms with van der Waals surface area (Å²) < 4.78 is 37.8. The number of carbonyl (C=O) groups is 1. The molecule has 1 amide bonds. The number of likely N-dealkylation sites (tertiary alicyclic amines) is 1. The minimum absolute atomic E-state index is 0.112. The third-order valence-corrected chi connectivity index (χ3v) is 10.1. The van der Waals surface area contributed by atoms with Crippen LogP contribution in [0.25, 0.3) is 22.0 Å². The SMILES string of the molecule is CCS(=O)(=O)N1CCC(c2c[nH]c3c(C(N)=O)cc(-c4cc(CN5CCCC5)c(OC)c(OC)c4)cc23)CC1. The van der Waals surface area contributed by atoms with Crippen molar-refractivity contribution in [3.05, 3.63) is 47.2 Å². The molecule has 0 bridgehead atoms. The van der Waals surface area contributed by atoms with Gasteiger partial charge in [-0.1, -0.05) is 0 Å². The predicted molar refractivity (Wildman–Crippen MR) is 153 cm³/mol. The van der Waals surface area contributed by atoms with E-state index in [9.17, 15) is 13.2 Å². The lowest BCUT2D eigenvalue weighted by Crippen LogP contribution is -2.38. The molecule has 1 aromatic heterocycles. The fourth-order valence-corrected chi connectivity index (χ4v) is 7.22. The van der Waals surface area contributed by atoms with Crippen molar-refractivity contribution >= 4 is 26.8 Å². The lowest BCUT2D eigenvalue weighted by Gasteiger charge is -2.31. The van der Waals surface area contributed by atoms with Gasteiger partial charge in [0.15, 0.2) is 11.5 Å². The zero-order valence-electron chi connectivity index (χ0n) is 23.0. The van der Waals surface area contributed by atoms with E-state index in [4.69, 9.17) is 15.2 Å². The first-order valence-electron chi connectivity index (χ1n) is 13.7. The van der Waals surface area contributed by atoms with E-state index in [1.165, 1.54) is 12.8 Å². The number of piperidine rings is 1. The minimum atomic E-state index is -3.20. The number of rotatable bonds is 9. The Kier molecular flexibility index (Phi) is 7.89. The van der Waals surface area contributed by atoms with Crippen molar-refractivity contribution in [2.45, 2.75) is 45.1 Å². The van der Waals surface area contributed by atoms with Crippen LogP contribution < -0.4 is 15.2 Å². The van der Waals surface area contributed by atoms with Gasteiger partial charge in [-0.3, -0.25) is 9.69 Å². The van der Waals surface area contributed by atoms with E-state index >= 15 is 0 Å². The van der Waals surface area contributed by atoms with Crippen LogP contribution in [0.4, 0.5) is 0 Å². The number of fused-ring (bicyclic) bond motifs is 1. The number of primary amides is 1. The summed E-state index contributed by atoms with van der Waals surface area (Å²) >= 11 is 0. The number of aromatic amines is 1. The summed E-state index contributed by atoms with van der Waals surface area (Å²) in [5, 5.41) is 0.939. The number of hydrogen-bond acceptors (Lipinski definition) is 6. The van der Waals surface area contributed by atoms with Crippen LogP contribution in [-0.4, -0.2) is 74.7 Å². The van der Waals surface area contributed by atoms with Crippen molar-refractivity contribution in [3.8, 4) is 22.6 Å². The largest absolute Gasteiger partial charge is 0.493 e. The number of aromatic nitrogens is 1. The molecule has 3 aromatic rings. The van der Waals surface area contributed by atoms with Crippen molar-refractivity contribution < 1.29 is 22.7 Å². The molecule has 210 valence electrons. The normalized spacial score (nSPS) is 17.6. The van der Waals surface area contributed by atoms with Gasteiger partial charge in [-0.05, 0) is 92.6 Å². The number of carbonyl (C=O) groups excluding carboxylic acids is 1. The Morgan fingerprint density at radius 2 is 1.72 bits per heavy atom. The maximum atomic E-state index is 12.6. The maximum absolute atomic E-state index is 12.6. The molecule has 10 heteroatoms. The zero-order chi connectivity index (χ0) is 27.7. The summed E-state index contributed by atoms with van der Waals surface area (Å²) in [5.41, 5.74) is 10.9. The number of nitrogens with zero attached hydrogens (tertiary/aromatic N) is 2. The van der Waals surface area contributed by atoms with Crippen LogP contribution in [0.3, 0.4) is 0 Å². The van der Waals surface area contributed by atoms with E-state index < -0.39 is 15.9 Å². The van der Waals surface area contributed by atoms with E-state index in [1.54, 1.807) is 25.4 Å². The Morgan fingerprint density at radius 3 is 2.33 bits per heavy atom. The Labute approximate surface area is 230 Å². The molecule has 0 saturated carbocycles. The topological polar surface area (TPSA) is 118 Å². The number of amides is 1. The van der Waals surface area contributed by atoms with Crippen LogP contribution in [0.2, 0.25) is 0 Å². The number of nitrogens with two attached hydrogens (primary N) is 1. The summed E-state index contributed by atoms with van der Waals surface area (Å²) in [6, 6.07) is 8.00. The Balaban J connectivity index is 1.56. The molecule has 3 N–H and O–H groups in total. The van der Waals surface area contributed by atoms with Crippen molar-refractivity contribution in [1.82, 2.24) is 14.2 Å². The number of methoxy groups -OCH3 is 2. The summed E-state index contributed by atoms with van der Waals surface area (Å²) in [7, 11) is 0.0884. The lowest BCUT2D eigenvalue weighted by atomic mass is 9.88. The standard InChI is InChI=1S/C29H38N4O5S/c1-4-39(35,36)33-11-7-19(8-12-33)25-17-31-27-23(25)14-21(15-24(27)29(30)34)20-13-22(18-32-9-5-6-10-32)28(38-3)26(16-20)37-2/h13-17,19,31H,4-12,18H2,1-3H3,(H2,30,34). The molecular formula is C29H38N4O5S. The van der Waals surface area contributed by atoms with Gasteiger partial charge in [-0.15, -0.1) is 0 Å². The Bertz CT molecular complexity index is 1470. The van der Waals surface area contributed by atoms with Crippen LogP contribution in [0, 0.1) is 0 Å². The van der Waals surface area contributed by atoms with Gasteiger partial charge in [0.1, 0.15) is 0 Å². The molecule has 2 saturated heterocycles. The van der Waals surface area contributed by atoms with Crippen molar-refractivity contribution in [3.63, 3.8) is 0 Å². The zero-order valence-corrected chi connectivity index (χ0v) is 23.8. The molecule has 3 heterocycles. The molecule has 9 nitrogen and oxygen atoms in total. The molecule has 0 aliphatic carbocycles. The second kappa shape index (κ2) is 11.2. The van der Waals surface area contributed by atoms with Crippen molar-refractivity contribution in [2.75, 3.05) is 46.2 Å². The van der Waals surface area contributed by atoms with Gasteiger partial charge in [-0.25, -0.2) is 12.7 Å². The number of benzene rings is 2. The number of ether oxygens (including phenoxy) is 2. The van der Waals surface area contributed by atoms with Gasteiger partial charge in [0, 0.05) is 36.8 Å². The molecular weight excluding hydrogens is 516 g/mol. The predicted octanol–water partition coefficient (Wildman–Crippen LogP) is 4.08. The van der Waals surface area contributed by atoms with Crippen molar-refractivity contribution in [1.29, 1.82) is 0 Å². The first-order chi connectivity index (χ1) is 18.7. The van der Waals surface area contributed by atoms with Gasteiger partial charge in [0.25, 0.3) is 5.91 Å². The third-order valence-electron chi connectivity index (χ3n) is 8.22. The van der Waals surface area contributed by atoms with Gasteiger partial charge in [0.05, 0.1) is 31.1 Å². The monoisotopic (exact) mass is 554 g/mol. The third kappa shape index (κ3) is 5.37. The van der Waals surface area contributed by atoms with Gasteiger partial charge >= 0.3 is 0 Å². The highest BCUT2D eigenvalue weighted by Crippen LogP contribution is 2.41. The van der Waals surface area contributed by atoms with E-state index in [-0.39, 0.29) is 11.7 Å². The van der Waals surface area contributed by atoms with Crippen LogP contribution in [0.15, 0.2) is 30.5 Å². The van der Waals surface area contributed by atoms with E-state index in [0.717, 1.165) is 65.9 Å².